The van der Waals surface area contributed by atoms with Gasteiger partial charge < -0.3 is 4.74 Å². The van der Waals surface area contributed by atoms with Crippen molar-refractivity contribution in [2.75, 3.05) is 0 Å². The van der Waals surface area contributed by atoms with Gasteiger partial charge in [0.2, 0.25) is 0 Å². The van der Waals surface area contributed by atoms with Gasteiger partial charge in [-0.1, -0.05) is 0 Å². The third-order valence-corrected chi connectivity index (χ3v) is 2.10. The Balaban J connectivity index is 2.92. The third-order valence-electron chi connectivity index (χ3n) is 2.10. The van der Waals surface area contributed by atoms with E-state index in [0.29, 0.717) is 11.3 Å². The van der Waals surface area contributed by atoms with E-state index in [0.717, 1.165) is 17.4 Å². The van der Waals surface area contributed by atoms with Crippen LogP contribution in [0.25, 0.3) is 0 Å². The third kappa shape index (κ3) is 3.45. The molecule has 0 bridgehead atoms. The largest absolute Gasteiger partial charge is 0.406 e. The molecule has 0 fully saturated rings. The van der Waals surface area contributed by atoms with E-state index in [9.17, 15) is 4.79 Å². The lowest BCUT2D eigenvalue weighted by atomic mass is 10.1. The van der Waals surface area contributed by atoms with Gasteiger partial charge in [-0.05, 0) is 48.9 Å². The lowest BCUT2D eigenvalue weighted by Crippen LogP contribution is -1.92. The number of benzene rings is 1. The Labute approximate surface area is 101 Å². The minimum absolute atomic E-state index is 0.614. The summed E-state index contributed by atoms with van der Waals surface area (Å²) < 4.78 is 5.22. The van der Waals surface area contributed by atoms with Crippen LogP contribution in [0.2, 0.25) is 0 Å². The molecule has 1 aromatic rings. The topological polar surface area (TPSA) is 26.3 Å². The fourth-order valence-electron chi connectivity index (χ4n) is 1.22. The van der Waals surface area contributed by atoms with Crippen LogP contribution in [0.3, 0.4) is 0 Å². The molecule has 0 radical (unpaired) electrons. The van der Waals surface area contributed by atoms with Gasteiger partial charge in [-0.25, -0.2) is 0 Å². The quantitative estimate of drug-likeness (QED) is 0.565. The van der Waals surface area contributed by atoms with Crippen LogP contribution >= 0.6 is 0 Å². The highest BCUT2D eigenvalue weighted by molar-refractivity contribution is 5.78. The molecule has 0 saturated heterocycles. The van der Waals surface area contributed by atoms with Crippen molar-refractivity contribution in [2.45, 2.75) is 13.8 Å². The molecule has 0 N–H and O–H groups in total. The van der Waals surface area contributed by atoms with Crippen molar-refractivity contribution in [2.24, 2.45) is 0 Å². The summed E-state index contributed by atoms with van der Waals surface area (Å²) in [6, 6.07) is 3.52. The Kier molecular flexibility index (Phi) is 4.44. The lowest BCUT2D eigenvalue weighted by Gasteiger charge is -2.05. The Morgan fingerprint density at radius 2 is 1.94 bits per heavy atom. The van der Waals surface area contributed by atoms with Crippen molar-refractivity contribution in [3.8, 4) is 42.0 Å². The average Bonchev–Trinajstić information content (AvgIpc) is 2.32. The Morgan fingerprint density at radius 1 is 1.18 bits per heavy atom. The van der Waals surface area contributed by atoms with Gasteiger partial charge >= 0.3 is 0 Å². The van der Waals surface area contributed by atoms with E-state index in [2.05, 4.69) is 29.8 Å². The zero-order valence-corrected chi connectivity index (χ0v) is 9.63. The average molecular weight is 222 g/mol. The normalized spacial score (nSPS) is 7.82. The summed E-state index contributed by atoms with van der Waals surface area (Å²) in [4.78, 5) is 10.7. The zero-order valence-electron chi connectivity index (χ0n) is 9.63. The van der Waals surface area contributed by atoms with Crippen LogP contribution in [0.5, 0.6) is 5.75 Å². The first-order chi connectivity index (χ1) is 8.19. The maximum Gasteiger partial charge on any atom is 0.150 e. The Hall–Kier alpha value is -2.63. The summed E-state index contributed by atoms with van der Waals surface area (Å²) in [5.74, 6) is 10.0. The van der Waals surface area contributed by atoms with E-state index in [1.54, 1.807) is 12.1 Å². The minimum atomic E-state index is 0.614. The number of carbonyl (C=O) groups excluding carboxylic acids is 1. The number of aryl methyl sites for hydroxylation is 2. The Bertz CT molecular complexity index is 596. The molecular formula is C15H10O2. The number of ether oxygens (including phenoxy) is 1. The van der Waals surface area contributed by atoms with Gasteiger partial charge in [0.05, 0.1) is 0 Å². The molecular weight excluding hydrogens is 212 g/mol. The highest BCUT2D eigenvalue weighted by Gasteiger charge is 2.04. The minimum Gasteiger partial charge on any atom is -0.406 e. The van der Waals surface area contributed by atoms with Gasteiger partial charge in [0.25, 0.3) is 0 Å². The van der Waals surface area contributed by atoms with Gasteiger partial charge in [-0.2, -0.15) is 0 Å². The summed E-state index contributed by atoms with van der Waals surface area (Å²) in [6.45, 7) is 3.68. The molecule has 0 spiro atoms. The van der Waals surface area contributed by atoms with Crippen molar-refractivity contribution in [1.29, 1.82) is 0 Å². The summed E-state index contributed by atoms with van der Waals surface area (Å²) in [6.07, 6.45) is 8.18. The van der Waals surface area contributed by atoms with Gasteiger partial charge in [0.1, 0.15) is 18.1 Å². The molecule has 0 aromatic heterocycles. The summed E-state index contributed by atoms with van der Waals surface area (Å²) >= 11 is 0. The molecule has 0 unspecified atom stereocenters. The maximum absolute atomic E-state index is 10.7. The number of hydrogen-bond acceptors (Lipinski definition) is 2. The van der Waals surface area contributed by atoms with Crippen molar-refractivity contribution >= 4 is 6.29 Å². The second-order valence-corrected chi connectivity index (χ2v) is 3.32. The maximum atomic E-state index is 10.7. The smallest absolute Gasteiger partial charge is 0.150 e. The van der Waals surface area contributed by atoms with Crippen molar-refractivity contribution in [3.05, 3.63) is 28.8 Å². The number of hydrogen-bond donors (Lipinski definition) is 0. The molecule has 2 nitrogen and oxygen atoms in total. The standard InChI is InChI=1S/C15H10O2/c1-4-5-6-7-8-17-15-10-12(2)14(11-16)9-13(15)3/h1,9-11H,2-3H3. The van der Waals surface area contributed by atoms with Crippen LogP contribution in [0.1, 0.15) is 21.5 Å². The number of terminal acetylenes is 1. The first kappa shape index (κ1) is 12.4. The van der Waals surface area contributed by atoms with Crippen LogP contribution in [0, 0.1) is 50.1 Å². The molecule has 1 aromatic carbocycles. The number of rotatable bonds is 2. The van der Waals surface area contributed by atoms with Crippen LogP contribution in [0.4, 0.5) is 0 Å². The molecule has 2 heteroatoms. The first-order valence-corrected chi connectivity index (χ1v) is 4.88. The van der Waals surface area contributed by atoms with E-state index < -0.39 is 0 Å². The van der Waals surface area contributed by atoms with E-state index in [-0.39, 0.29) is 0 Å². The molecule has 1 rings (SSSR count). The second-order valence-electron chi connectivity index (χ2n) is 3.32. The van der Waals surface area contributed by atoms with Crippen molar-refractivity contribution < 1.29 is 9.53 Å². The Morgan fingerprint density at radius 3 is 2.59 bits per heavy atom. The predicted molar refractivity (Wildman–Crippen MR) is 66.3 cm³/mol. The van der Waals surface area contributed by atoms with Crippen LogP contribution in [-0.2, 0) is 0 Å². The van der Waals surface area contributed by atoms with Crippen LogP contribution < -0.4 is 4.74 Å². The predicted octanol–water partition coefficient (Wildman–Crippen LogP) is 2.09. The van der Waals surface area contributed by atoms with E-state index in [1.165, 1.54) is 0 Å². The number of carbonyl (C=O) groups is 1. The first-order valence-electron chi connectivity index (χ1n) is 4.88. The molecule has 0 aliphatic rings. The van der Waals surface area contributed by atoms with E-state index in [4.69, 9.17) is 11.2 Å². The van der Waals surface area contributed by atoms with Crippen molar-refractivity contribution in [3.63, 3.8) is 0 Å². The summed E-state index contributed by atoms with van der Waals surface area (Å²) in [5.41, 5.74) is 2.34. The molecule has 17 heavy (non-hydrogen) atoms. The van der Waals surface area contributed by atoms with E-state index >= 15 is 0 Å². The molecule has 0 atom stereocenters. The van der Waals surface area contributed by atoms with Crippen LogP contribution in [-0.4, -0.2) is 6.29 Å². The highest BCUT2D eigenvalue weighted by Crippen LogP contribution is 2.21. The molecule has 0 aliphatic carbocycles. The molecule has 82 valence electrons. The van der Waals surface area contributed by atoms with Gasteiger partial charge in [0.15, 0.2) is 0 Å². The zero-order chi connectivity index (χ0) is 12.7. The molecule has 0 aliphatic heterocycles. The fraction of sp³-hybridized carbons (Fsp3) is 0.133. The molecule has 0 amide bonds. The van der Waals surface area contributed by atoms with Crippen molar-refractivity contribution in [1.82, 2.24) is 0 Å². The summed E-state index contributed by atoms with van der Waals surface area (Å²) in [7, 11) is 0. The van der Waals surface area contributed by atoms with Gasteiger partial charge in [-0.3, -0.25) is 4.79 Å². The summed E-state index contributed by atoms with van der Waals surface area (Å²) in [5, 5.41) is 0. The SMILES string of the molecule is C#CC#CC#COc1cc(C)c(C=O)cc1C. The second kappa shape index (κ2) is 6.06. The monoisotopic (exact) mass is 222 g/mol. The van der Waals surface area contributed by atoms with E-state index in [1.807, 2.05) is 13.8 Å². The lowest BCUT2D eigenvalue weighted by molar-refractivity contribution is 0.112. The molecule has 0 saturated carbocycles. The fourth-order valence-corrected chi connectivity index (χ4v) is 1.22. The van der Waals surface area contributed by atoms with Crippen LogP contribution in [0.15, 0.2) is 12.1 Å². The molecule has 0 heterocycles. The van der Waals surface area contributed by atoms with Gasteiger partial charge in [-0.15, -0.1) is 6.42 Å². The number of aldehydes is 1. The highest BCUT2D eigenvalue weighted by atomic mass is 16.5. The van der Waals surface area contributed by atoms with Gasteiger partial charge in [0, 0.05) is 17.4 Å².